The van der Waals surface area contributed by atoms with E-state index in [1.165, 1.54) is 18.2 Å². The lowest BCUT2D eigenvalue weighted by Crippen LogP contribution is -2.36. The van der Waals surface area contributed by atoms with E-state index >= 15 is 0 Å². The molecule has 0 saturated carbocycles. The quantitative estimate of drug-likeness (QED) is 0.359. The van der Waals surface area contributed by atoms with Gasteiger partial charge in [0.25, 0.3) is 5.69 Å². The Hall–Kier alpha value is -2.44. The van der Waals surface area contributed by atoms with Crippen LogP contribution in [0.4, 0.5) is 11.4 Å². The molecular formula is C13H17N3O4. The van der Waals surface area contributed by atoms with Gasteiger partial charge >= 0.3 is 11.8 Å². The number of carbonyl (C=O) groups excluding carboxylic acids is 2. The zero-order valence-electron chi connectivity index (χ0n) is 11.2. The molecule has 0 fully saturated rings. The van der Waals surface area contributed by atoms with Crippen molar-refractivity contribution >= 4 is 23.2 Å². The Morgan fingerprint density at radius 3 is 2.55 bits per heavy atom. The van der Waals surface area contributed by atoms with E-state index in [4.69, 9.17) is 0 Å². The minimum absolute atomic E-state index is 0.00575. The van der Waals surface area contributed by atoms with E-state index in [2.05, 4.69) is 10.6 Å². The summed E-state index contributed by atoms with van der Waals surface area (Å²) in [6.07, 6.45) is 2.77. The van der Waals surface area contributed by atoms with Gasteiger partial charge in [-0.25, -0.2) is 0 Å². The highest BCUT2D eigenvalue weighted by molar-refractivity contribution is 6.39. The van der Waals surface area contributed by atoms with Gasteiger partial charge in [-0.15, -0.1) is 0 Å². The van der Waals surface area contributed by atoms with Gasteiger partial charge in [-0.05, 0) is 12.5 Å². The van der Waals surface area contributed by atoms with Crippen molar-refractivity contribution in [2.75, 3.05) is 11.9 Å². The Morgan fingerprint density at radius 2 is 1.90 bits per heavy atom. The molecule has 7 heteroatoms. The summed E-state index contributed by atoms with van der Waals surface area (Å²) in [7, 11) is 0. The fourth-order valence-electron chi connectivity index (χ4n) is 1.57. The predicted molar refractivity (Wildman–Crippen MR) is 74.3 cm³/mol. The first-order valence-electron chi connectivity index (χ1n) is 6.39. The van der Waals surface area contributed by atoms with Crippen LogP contribution in [-0.4, -0.2) is 23.3 Å². The van der Waals surface area contributed by atoms with Crippen LogP contribution < -0.4 is 10.6 Å². The lowest BCUT2D eigenvalue weighted by atomic mass is 10.2. The first kappa shape index (κ1) is 15.6. The highest BCUT2D eigenvalue weighted by Crippen LogP contribution is 2.22. The highest BCUT2D eigenvalue weighted by atomic mass is 16.6. The molecule has 2 N–H and O–H groups in total. The summed E-state index contributed by atoms with van der Waals surface area (Å²) >= 11 is 0. The lowest BCUT2D eigenvalue weighted by molar-refractivity contribution is -0.383. The van der Waals surface area contributed by atoms with Gasteiger partial charge < -0.3 is 10.6 Å². The van der Waals surface area contributed by atoms with Crippen LogP contribution in [0, 0.1) is 10.1 Å². The molecule has 0 radical (unpaired) electrons. The second-order valence-corrected chi connectivity index (χ2v) is 4.19. The van der Waals surface area contributed by atoms with E-state index in [0.29, 0.717) is 6.54 Å². The second-order valence-electron chi connectivity index (χ2n) is 4.19. The summed E-state index contributed by atoms with van der Waals surface area (Å²) in [6, 6.07) is 5.66. The molecule has 0 bridgehead atoms. The van der Waals surface area contributed by atoms with Crippen LogP contribution in [0.5, 0.6) is 0 Å². The van der Waals surface area contributed by atoms with Gasteiger partial charge in [0, 0.05) is 12.6 Å². The smallest absolute Gasteiger partial charge is 0.313 e. The number of anilines is 1. The molecule has 7 nitrogen and oxygen atoms in total. The van der Waals surface area contributed by atoms with E-state index in [1.807, 2.05) is 6.92 Å². The number of para-hydroxylation sites is 2. The molecule has 0 aliphatic heterocycles. The Kier molecular flexibility index (Phi) is 6.15. The molecule has 0 saturated heterocycles. The Bertz CT molecular complexity index is 502. The topological polar surface area (TPSA) is 101 Å². The van der Waals surface area contributed by atoms with E-state index in [9.17, 15) is 19.7 Å². The molecule has 1 aromatic rings. The third kappa shape index (κ3) is 4.68. The number of nitro groups is 1. The first-order chi connectivity index (χ1) is 9.56. The van der Waals surface area contributed by atoms with Crippen molar-refractivity contribution in [3.8, 4) is 0 Å². The van der Waals surface area contributed by atoms with E-state index in [-0.39, 0.29) is 11.4 Å². The third-order valence-electron chi connectivity index (χ3n) is 2.62. The number of amides is 2. The summed E-state index contributed by atoms with van der Waals surface area (Å²) in [6.45, 7) is 2.44. The Labute approximate surface area is 116 Å². The van der Waals surface area contributed by atoms with Gasteiger partial charge in [-0.3, -0.25) is 19.7 Å². The average Bonchev–Trinajstić information content (AvgIpc) is 2.43. The van der Waals surface area contributed by atoms with E-state index < -0.39 is 16.7 Å². The molecular weight excluding hydrogens is 262 g/mol. The number of benzene rings is 1. The SMILES string of the molecule is CCCCCNC(=O)C(=O)Nc1ccccc1[N+](=O)[O-]. The number of hydrogen-bond acceptors (Lipinski definition) is 4. The van der Waals surface area contributed by atoms with Crippen molar-refractivity contribution in [2.24, 2.45) is 0 Å². The molecule has 1 aromatic carbocycles. The van der Waals surface area contributed by atoms with Crippen molar-refractivity contribution in [1.82, 2.24) is 5.32 Å². The first-order valence-corrected chi connectivity index (χ1v) is 6.39. The molecule has 1 rings (SSSR count). The number of unbranched alkanes of at least 4 members (excludes halogenated alkanes) is 2. The molecule has 0 aliphatic rings. The van der Waals surface area contributed by atoms with Crippen molar-refractivity contribution in [1.29, 1.82) is 0 Å². The van der Waals surface area contributed by atoms with Gasteiger partial charge in [0.15, 0.2) is 0 Å². The molecule has 20 heavy (non-hydrogen) atoms. The molecule has 0 spiro atoms. The van der Waals surface area contributed by atoms with Crippen LogP contribution in [-0.2, 0) is 9.59 Å². The number of nitrogens with zero attached hydrogens (tertiary/aromatic N) is 1. The maximum Gasteiger partial charge on any atom is 0.313 e. The minimum atomic E-state index is -0.907. The van der Waals surface area contributed by atoms with Crippen molar-refractivity contribution in [3.63, 3.8) is 0 Å². The third-order valence-corrected chi connectivity index (χ3v) is 2.62. The lowest BCUT2D eigenvalue weighted by Gasteiger charge is -2.06. The summed E-state index contributed by atoms with van der Waals surface area (Å²) in [4.78, 5) is 33.3. The van der Waals surface area contributed by atoms with Gasteiger partial charge in [-0.1, -0.05) is 31.9 Å². The van der Waals surface area contributed by atoms with Gasteiger partial charge in [0.05, 0.1) is 4.92 Å². The van der Waals surface area contributed by atoms with Crippen molar-refractivity contribution in [3.05, 3.63) is 34.4 Å². The molecule has 2 amide bonds. The predicted octanol–water partition coefficient (Wildman–Crippen LogP) is 1.84. The van der Waals surface area contributed by atoms with Crippen LogP contribution >= 0.6 is 0 Å². The minimum Gasteiger partial charge on any atom is -0.348 e. The summed E-state index contributed by atoms with van der Waals surface area (Å²) < 4.78 is 0. The van der Waals surface area contributed by atoms with Crippen molar-refractivity contribution in [2.45, 2.75) is 26.2 Å². The number of nitro benzene ring substituents is 1. The van der Waals surface area contributed by atoms with Gasteiger partial charge in [-0.2, -0.15) is 0 Å². The second kappa shape index (κ2) is 7.88. The zero-order chi connectivity index (χ0) is 15.0. The summed E-state index contributed by atoms with van der Waals surface area (Å²) in [5.74, 6) is -1.70. The van der Waals surface area contributed by atoms with E-state index in [1.54, 1.807) is 6.07 Å². The van der Waals surface area contributed by atoms with Crippen molar-refractivity contribution < 1.29 is 14.5 Å². The molecule has 0 unspecified atom stereocenters. The monoisotopic (exact) mass is 279 g/mol. The van der Waals surface area contributed by atoms with Gasteiger partial charge in [0.2, 0.25) is 0 Å². The molecule has 0 heterocycles. The number of nitrogens with one attached hydrogen (secondary N) is 2. The molecule has 108 valence electrons. The normalized spacial score (nSPS) is 9.85. The van der Waals surface area contributed by atoms with Crippen LogP contribution in [0.25, 0.3) is 0 Å². The Morgan fingerprint density at radius 1 is 1.20 bits per heavy atom. The fourth-order valence-corrected chi connectivity index (χ4v) is 1.57. The van der Waals surface area contributed by atoms with Gasteiger partial charge in [0.1, 0.15) is 5.69 Å². The average molecular weight is 279 g/mol. The maximum atomic E-state index is 11.6. The molecule has 0 aliphatic carbocycles. The molecule has 0 aromatic heterocycles. The number of hydrogen-bond donors (Lipinski definition) is 2. The largest absolute Gasteiger partial charge is 0.348 e. The van der Waals surface area contributed by atoms with Crippen LogP contribution in [0.1, 0.15) is 26.2 Å². The molecule has 0 atom stereocenters. The number of rotatable bonds is 6. The number of carbonyl (C=O) groups is 2. The Balaban J connectivity index is 2.58. The van der Waals surface area contributed by atoms with Crippen LogP contribution in [0.15, 0.2) is 24.3 Å². The summed E-state index contributed by atoms with van der Waals surface area (Å²) in [5, 5.41) is 15.5. The fraction of sp³-hybridized carbons (Fsp3) is 0.385. The summed E-state index contributed by atoms with van der Waals surface area (Å²) in [5.41, 5.74) is -0.245. The van der Waals surface area contributed by atoms with Crippen LogP contribution in [0.2, 0.25) is 0 Å². The maximum absolute atomic E-state index is 11.6. The standard InChI is InChI=1S/C13H17N3O4/c1-2-3-6-9-14-12(17)13(18)15-10-7-4-5-8-11(10)16(19)20/h4-5,7-8H,2-3,6,9H2,1H3,(H,14,17)(H,15,18). The zero-order valence-corrected chi connectivity index (χ0v) is 11.2. The van der Waals surface area contributed by atoms with Crippen LogP contribution in [0.3, 0.4) is 0 Å². The highest BCUT2D eigenvalue weighted by Gasteiger charge is 2.18. The van der Waals surface area contributed by atoms with E-state index in [0.717, 1.165) is 19.3 Å².